The van der Waals surface area contributed by atoms with E-state index in [1.807, 2.05) is 0 Å². The van der Waals surface area contributed by atoms with Gasteiger partial charge >= 0.3 is 5.97 Å². The molecule has 1 N–H and O–H groups in total. The standard InChI is InChI=1S/C12H17N3O2/c1-3-17-11(16)12(2,15-9-4-5-9)10-8-13-6-7-14-10/h6-9,15H,3-5H2,1-2H3. The molecule has 17 heavy (non-hydrogen) atoms. The molecule has 0 radical (unpaired) electrons. The molecule has 1 aromatic heterocycles. The third-order valence-electron chi connectivity index (χ3n) is 2.83. The summed E-state index contributed by atoms with van der Waals surface area (Å²) in [6.07, 6.45) is 6.96. The molecule has 0 bridgehead atoms. The maximum absolute atomic E-state index is 12.1. The zero-order valence-corrected chi connectivity index (χ0v) is 10.1. The fraction of sp³-hybridized carbons (Fsp3) is 0.583. The molecule has 92 valence electrons. The number of carbonyl (C=O) groups is 1. The van der Waals surface area contributed by atoms with Crippen LogP contribution in [0.4, 0.5) is 0 Å². The van der Waals surface area contributed by atoms with Gasteiger partial charge < -0.3 is 4.74 Å². The quantitative estimate of drug-likeness (QED) is 0.771. The van der Waals surface area contributed by atoms with Crippen molar-refractivity contribution in [2.24, 2.45) is 0 Å². The molecule has 1 aromatic rings. The monoisotopic (exact) mass is 235 g/mol. The van der Waals surface area contributed by atoms with Crippen LogP contribution in [0.1, 0.15) is 32.4 Å². The molecular weight excluding hydrogens is 218 g/mol. The lowest BCUT2D eigenvalue weighted by Gasteiger charge is -2.27. The minimum atomic E-state index is -0.897. The largest absolute Gasteiger partial charge is 0.464 e. The van der Waals surface area contributed by atoms with Gasteiger partial charge in [0.05, 0.1) is 18.5 Å². The molecule has 1 atom stereocenters. The van der Waals surface area contributed by atoms with Crippen molar-refractivity contribution in [1.29, 1.82) is 0 Å². The highest BCUT2D eigenvalue weighted by Crippen LogP contribution is 2.28. The number of rotatable bonds is 5. The lowest BCUT2D eigenvalue weighted by Crippen LogP contribution is -2.49. The highest BCUT2D eigenvalue weighted by molar-refractivity contribution is 5.81. The smallest absolute Gasteiger partial charge is 0.332 e. The molecule has 1 unspecified atom stereocenters. The minimum Gasteiger partial charge on any atom is -0.464 e. The van der Waals surface area contributed by atoms with Crippen LogP contribution in [0, 0.1) is 0 Å². The summed E-state index contributed by atoms with van der Waals surface area (Å²) in [5, 5.41) is 3.29. The summed E-state index contributed by atoms with van der Waals surface area (Å²) in [4.78, 5) is 20.3. The first-order valence-corrected chi connectivity index (χ1v) is 5.88. The predicted octanol–water partition coefficient (Wildman–Crippen LogP) is 1.01. The molecule has 1 aliphatic rings. The molecule has 5 heteroatoms. The van der Waals surface area contributed by atoms with Gasteiger partial charge in [-0.3, -0.25) is 15.3 Å². The van der Waals surface area contributed by atoms with E-state index in [2.05, 4.69) is 15.3 Å². The number of nitrogens with one attached hydrogen (secondary N) is 1. The Labute approximate surface area is 101 Å². The molecule has 1 saturated carbocycles. The third kappa shape index (κ3) is 2.61. The number of hydrogen-bond acceptors (Lipinski definition) is 5. The molecule has 5 nitrogen and oxygen atoms in total. The number of nitrogens with zero attached hydrogens (tertiary/aromatic N) is 2. The Kier molecular flexibility index (Phi) is 3.38. The highest BCUT2D eigenvalue weighted by atomic mass is 16.5. The normalized spacial score (nSPS) is 18.5. The van der Waals surface area contributed by atoms with Gasteiger partial charge in [0.25, 0.3) is 0 Å². The Hall–Kier alpha value is -1.49. The molecule has 1 aliphatic carbocycles. The summed E-state index contributed by atoms with van der Waals surface area (Å²) in [6, 6.07) is 0.381. The highest BCUT2D eigenvalue weighted by Gasteiger charge is 2.42. The molecule has 1 fully saturated rings. The van der Waals surface area contributed by atoms with Gasteiger partial charge in [0, 0.05) is 18.4 Å². The SMILES string of the molecule is CCOC(=O)C(C)(NC1CC1)c1cnccn1. The summed E-state index contributed by atoms with van der Waals surface area (Å²) in [5.41, 5.74) is -0.295. The minimum absolute atomic E-state index is 0.299. The van der Waals surface area contributed by atoms with Crippen LogP contribution in [0.15, 0.2) is 18.6 Å². The Balaban J connectivity index is 2.25. The van der Waals surface area contributed by atoms with Crippen LogP contribution >= 0.6 is 0 Å². The van der Waals surface area contributed by atoms with Crippen molar-refractivity contribution in [2.75, 3.05) is 6.61 Å². The summed E-state index contributed by atoms with van der Waals surface area (Å²) in [6.45, 7) is 3.96. The predicted molar refractivity (Wildman–Crippen MR) is 62.2 cm³/mol. The van der Waals surface area contributed by atoms with E-state index < -0.39 is 5.54 Å². The lowest BCUT2D eigenvalue weighted by atomic mass is 9.98. The van der Waals surface area contributed by atoms with Crippen molar-refractivity contribution in [3.8, 4) is 0 Å². The molecule has 0 saturated heterocycles. The summed E-state index contributed by atoms with van der Waals surface area (Å²) < 4.78 is 5.12. The number of carbonyl (C=O) groups excluding carboxylic acids is 1. The second-order valence-corrected chi connectivity index (χ2v) is 4.35. The van der Waals surface area contributed by atoms with E-state index in [1.54, 1.807) is 32.4 Å². The van der Waals surface area contributed by atoms with Crippen molar-refractivity contribution in [1.82, 2.24) is 15.3 Å². The molecule has 0 aliphatic heterocycles. The maximum atomic E-state index is 12.1. The van der Waals surface area contributed by atoms with E-state index in [0.29, 0.717) is 18.3 Å². The number of aromatic nitrogens is 2. The van der Waals surface area contributed by atoms with Gasteiger partial charge in [-0.05, 0) is 26.7 Å². The second-order valence-electron chi connectivity index (χ2n) is 4.35. The van der Waals surface area contributed by atoms with Crippen LogP contribution in [-0.4, -0.2) is 28.6 Å². The van der Waals surface area contributed by atoms with Crippen LogP contribution in [0.3, 0.4) is 0 Å². The van der Waals surface area contributed by atoms with Gasteiger partial charge in [-0.2, -0.15) is 0 Å². The van der Waals surface area contributed by atoms with E-state index in [0.717, 1.165) is 12.8 Å². The number of esters is 1. The fourth-order valence-electron chi connectivity index (χ4n) is 1.71. The second kappa shape index (κ2) is 4.79. The summed E-state index contributed by atoms with van der Waals surface area (Å²) in [5.74, 6) is -0.299. The van der Waals surface area contributed by atoms with Crippen molar-refractivity contribution >= 4 is 5.97 Å². The van der Waals surface area contributed by atoms with Gasteiger partial charge in [0.2, 0.25) is 0 Å². The first kappa shape index (κ1) is 12.0. The van der Waals surface area contributed by atoms with E-state index in [-0.39, 0.29) is 5.97 Å². The lowest BCUT2D eigenvalue weighted by molar-refractivity contribution is -0.151. The molecule has 0 amide bonds. The third-order valence-corrected chi connectivity index (χ3v) is 2.83. The first-order valence-electron chi connectivity index (χ1n) is 5.88. The Morgan fingerprint density at radius 3 is 2.88 bits per heavy atom. The van der Waals surface area contributed by atoms with Gasteiger partial charge in [-0.15, -0.1) is 0 Å². The number of hydrogen-bond donors (Lipinski definition) is 1. The molecule has 2 rings (SSSR count). The van der Waals surface area contributed by atoms with Crippen molar-refractivity contribution in [3.63, 3.8) is 0 Å². The van der Waals surface area contributed by atoms with Gasteiger partial charge in [-0.25, -0.2) is 4.79 Å². The van der Waals surface area contributed by atoms with E-state index in [9.17, 15) is 4.79 Å². The summed E-state index contributed by atoms with van der Waals surface area (Å²) >= 11 is 0. The van der Waals surface area contributed by atoms with Gasteiger partial charge in [0.15, 0.2) is 5.54 Å². The Bertz CT molecular complexity index is 392. The topological polar surface area (TPSA) is 64.1 Å². The molecule has 0 aromatic carbocycles. The van der Waals surface area contributed by atoms with Crippen LogP contribution in [0.2, 0.25) is 0 Å². The van der Waals surface area contributed by atoms with Gasteiger partial charge in [-0.1, -0.05) is 0 Å². The van der Waals surface area contributed by atoms with Crippen LogP contribution in [0.5, 0.6) is 0 Å². The van der Waals surface area contributed by atoms with E-state index >= 15 is 0 Å². The summed E-state index contributed by atoms with van der Waals surface area (Å²) in [7, 11) is 0. The average molecular weight is 235 g/mol. The maximum Gasteiger partial charge on any atom is 0.332 e. The van der Waals surface area contributed by atoms with Crippen molar-refractivity contribution in [2.45, 2.75) is 38.3 Å². The first-order chi connectivity index (χ1) is 8.16. The zero-order valence-electron chi connectivity index (χ0n) is 10.1. The van der Waals surface area contributed by atoms with E-state index in [1.165, 1.54) is 0 Å². The molecule has 1 heterocycles. The number of ether oxygens (including phenoxy) is 1. The van der Waals surface area contributed by atoms with Crippen molar-refractivity contribution in [3.05, 3.63) is 24.3 Å². The van der Waals surface area contributed by atoms with Crippen molar-refractivity contribution < 1.29 is 9.53 Å². The molecule has 0 spiro atoms. The fourth-order valence-corrected chi connectivity index (χ4v) is 1.71. The van der Waals surface area contributed by atoms with E-state index in [4.69, 9.17) is 4.74 Å². The Morgan fingerprint density at radius 2 is 2.35 bits per heavy atom. The van der Waals surface area contributed by atoms with Crippen LogP contribution in [-0.2, 0) is 15.1 Å². The average Bonchev–Trinajstić information content (AvgIpc) is 3.14. The molecular formula is C12H17N3O2. The Morgan fingerprint density at radius 1 is 1.59 bits per heavy atom. The van der Waals surface area contributed by atoms with Gasteiger partial charge in [0.1, 0.15) is 0 Å². The van der Waals surface area contributed by atoms with Crippen LogP contribution in [0.25, 0.3) is 0 Å². The zero-order chi connectivity index (χ0) is 12.3. The van der Waals surface area contributed by atoms with Crippen LogP contribution < -0.4 is 5.32 Å².